The summed E-state index contributed by atoms with van der Waals surface area (Å²) in [6, 6.07) is 5.48. The monoisotopic (exact) mass is 257 g/mol. The van der Waals surface area contributed by atoms with Gasteiger partial charge in [0.2, 0.25) is 0 Å². The lowest BCUT2D eigenvalue weighted by Crippen LogP contribution is -2.16. The molecule has 18 heavy (non-hydrogen) atoms. The first-order valence-corrected chi connectivity index (χ1v) is 5.04. The number of halogens is 3. The minimum absolute atomic E-state index is 0.256. The van der Waals surface area contributed by atoms with E-state index in [4.69, 9.17) is 5.53 Å². The van der Waals surface area contributed by atoms with Gasteiger partial charge >= 0.3 is 6.36 Å². The van der Waals surface area contributed by atoms with E-state index in [0.717, 1.165) is 5.56 Å². The number of ether oxygens (including phenoxy) is 1. The van der Waals surface area contributed by atoms with Gasteiger partial charge in [-0.1, -0.05) is 29.4 Å². The molecule has 1 aromatic carbocycles. The highest BCUT2D eigenvalue weighted by molar-refractivity contribution is 5.50. The van der Waals surface area contributed by atoms with E-state index < -0.39 is 6.36 Å². The molecule has 0 aliphatic heterocycles. The van der Waals surface area contributed by atoms with E-state index in [2.05, 4.69) is 14.8 Å². The summed E-state index contributed by atoms with van der Waals surface area (Å²) in [6.45, 7) is 0.349. The molecule has 0 unspecified atom stereocenters. The number of benzene rings is 1. The molecule has 0 aliphatic carbocycles. The number of azide groups is 1. The highest BCUT2D eigenvalue weighted by Crippen LogP contribution is 2.22. The fraction of sp³-hybridized carbons (Fsp3) is 0.273. The number of rotatable bonds is 5. The van der Waals surface area contributed by atoms with Crippen LogP contribution in [0.25, 0.3) is 16.5 Å². The smallest absolute Gasteiger partial charge is 0.406 e. The third-order valence-electron chi connectivity index (χ3n) is 1.88. The van der Waals surface area contributed by atoms with Gasteiger partial charge < -0.3 is 4.74 Å². The molecule has 0 bridgehead atoms. The zero-order chi connectivity index (χ0) is 13.4. The number of hydrogen-bond donors (Lipinski definition) is 0. The fourth-order valence-electron chi connectivity index (χ4n) is 1.18. The fourth-order valence-corrected chi connectivity index (χ4v) is 1.18. The molecule has 7 heteroatoms. The molecule has 0 saturated carbocycles. The molecule has 0 radical (unpaired) electrons. The standard InChI is InChI=1S/C11H10F3N3O/c12-11(13,14)18-10-6-4-9(5-7-10)3-1-2-8-16-17-15/h1,3-7H,2,8H2. The van der Waals surface area contributed by atoms with Crippen LogP contribution in [0.3, 0.4) is 0 Å². The summed E-state index contributed by atoms with van der Waals surface area (Å²) in [7, 11) is 0. The van der Waals surface area contributed by atoms with Crippen molar-refractivity contribution < 1.29 is 17.9 Å². The second-order valence-electron chi connectivity index (χ2n) is 3.26. The zero-order valence-electron chi connectivity index (χ0n) is 9.26. The van der Waals surface area contributed by atoms with E-state index in [0.29, 0.717) is 13.0 Å². The Hall–Kier alpha value is -2.14. The molecule has 4 nitrogen and oxygen atoms in total. The normalized spacial score (nSPS) is 11.3. The summed E-state index contributed by atoms with van der Waals surface area (Å²) in [5, 5.41) is 3.34. The van der Waals surface area contributed by atoms with Crippen molar-refractivity contribution in [3.05, 3.63) is 46.3 Å². The minimum atomic E-state index is -4.67. The molecule has 0 aliphatic rings. The molecule has 0 aromatic heterocycles. The van der Waals surface area contributed by atoms with Gasteiger partial charge in [0.15, 0.2) is 0 Å². The van der Waals surface area contributed by atoms with E-state index in [-0.39, 0.29) is 5.75 Å². The minimum Gasteiger partial charge on any atom is -0.406 e. The predicted molar refractivity (Wildman–Crippen MR) is 60.8 cm³/mol. The van der Waals surface area contributed by atoms with Gasteiger partial charge in [-0.15, -0.1) is 13.2 Å². The molecule has 0 heterocycles. The molecule has 0 N–H and O–H groups in total. The summed E-state index contributed by atoms with van der Waals surface area (Å²) in [5.41, 5.74) is 8.78. The number of nitrogens with zero attached hydrogens (tertiary/aromatic N) is 3. The average molecular weight is 257 g/mol. The molecule has 0 fully saturated rings. The lowest BCUT2D eigenvalue weighted by Gasteiger charge is -2.08. The Kier molecular flexibility index (Phi) is 5.07. The first-order valence-electron chi connectivity index (χ1n) is 5.04. The van der Waals surface area contributed by atoms with Crippen molar-refractivity contribution in [3.63, 3.8) is 0 Å². The van der Waals surface area contributed by atoms with E-state index in [1.165, 1.54) is 24.3 Å². The maximum atomic E-state index is 11.9. The SMILES string of the molecule is [N-]=[N+]=NCCC=Cc1ccc(OC(F)(F)F)cc1. The van der Waals surface area contributed by atoms with Gasteiger partial charge in [-0.25, -0.2) is 0 Å². The summed E-state index contributed by atoms with van der Waals surface area (Å²) in [4.78, 5) is 2.59. The summed E-state index contributed by atoms with van der Waals surface area (Å²) in [6.07, 6.45) is -0.601. The summed E-state index contributed by atoms with van der Waals surface area (Å²) >= 11 is 0. The van der Waals surface area contributed by atoms with Gasteiger partial charge in [0.1, 0.15) is 5.75 Å². The van der Waals surface area contributed by atoms with Crippen LogP contribution < -0.4 is 4.74 Å². The van der Waals surface area contributed by atoms with Gasteiger partial charge in [0, 0.05) is 11.5 Å². The Morgan fingerprint density at radius 2 is 1.94 bits per heavy atom. The molecule has 0 amide bonds. The molecular weight excluding hydrogens is 247 g/mol. The lowest BCUT2D eigenvalue weighted by atomic mass is 10.2. The first kappa shape index (κ1) is 13.9. The maximum Gasteiger partial charge on any atom is 0.573 e. The largest absolute Gasteiger partial charge is 0.573 e. The van der Waals surface area contributed by atoms with E-state index in [1.807, 2.05) is 0 Å². The van der Waals surface area contributed by atoms with E-state index >= 15 is 0 Å². The molecule has 96 valence electrons. The maximum absolute atomic E-state index is 11.9. The average Bonchev–Trinajstić information content (AvgIpc) is 2.29. The molecule has 0 spiro atoms. The Morgan fingerprint density at radius 1 is 1.28 bits per heavy atom. The van der Waals surface area contributed by atoms with Gasteiger partial charge in [-0.2, -0.15) is 0 Å². The van der Waals surface area contributed by atoms with E-state index in [9.17, 15) is 13.2 Å². The van der Waals surface area contributed by atoms with Gasteiger partial charge in [0.05, 0.1) is 0 Å². The van der Waals surface area contributed by atoms with Gasteiger partial charge in [-0.05, 0) is 29.6 Å². The second-order valence-corrected chi connectivity index (χ2v) is 3.26. The van der Waals surface area contributed by atoms with Crippen LogP contribution in [0.1, 0.15) is 12.0 Å². The molecule has 0 atom stereocenters. The third-order valence-corrected chi connectivity index (χ3v) is 1.88. The Morgan fingerprint density at radius 3 is 2.50 bits per heavy atom. The highest BCUT2D eigenvalue weighted by atomic mass is 19.4. The van der Waals surface area contributed by atoms with Crippen LogP contribution in [-0.4, -0.2) is 12.9 Å². The molecule has 1 aromatic rings. The molecule has 0 saturated heterocycles. The Labute approximate surface area is 101 Å². The van der Waals surface area contributed by atoms with Crippen molar-refractivity contribution in [1.29, 1.82) is 0 Å². The van der Waals surface area contributed by atoms with Crippen LogP contribution in [0.2, 0.25) is 0 Å². The highest BCUT2D eigenvalue weighted by Gasteiger charge is 2.30. The third kappa shape index (κ3) is 5.81. The van der Waals surface area contributed by atoms with Crippen molar-refractivity contribution in [1.82, 2.24) is 0 Å². The van der Waals surface area contributed by atoms with Crippen LogP contribution in [0, 0.1) is 0 Å². The second kappa shape index (κ2) is 6.56. The molecular formula is C11H10F3N3O. The van der Waals surface area contributed by atoms with Crippen molar-refractivity contribution in [2.24, 2.45) is 5.11 Å². The van der Waals surface area contributed by atoms with Crippen LogP contribution >= 0.6 is 0 Å². The molecule has 1 rings (SSSR count). The number of hydrogen-bond acceptors (Lipinski definition) is 2. The summed E-state index contributed by atoms with van der Waals surface area (Å²) < 4.78 is 39.4. The van der Waals surface area contributed by atoms with Crippen molar-refractivity contribution in [3.8, 4) is 5.75 Å². The van der Waals surface area contributed by atoms with Crippen molar-refractivity contribution >= 4 is 6.08 Å². The van der Waals surface area contributed by atoms with Crippen LogP contribution in [0.4, 0.5) is 13.2 Å². The van der Waals surface area contributed by atoms with Crippen LogP contribution in [0.5, 0.6) is 5.75 Å². The summed E-state index contributed by atoms with van der Waals surface area (Å²) in [5.74, 6) is -0.256. The van der Waals surface area contributed by atoms with Gasteiger partial charge in [0.25, 0.3) is 0 Å². The lowest BCUT2D eigenvalue weighted by molar-refractivity contribution is -0.274. The van der Waals surface area contributed by atoms with Crippen LogP contribution in [0.15, 0.2) is 35.5 Å². The Bertz CT molecular complexity index is 448. The quantitative estimate of drug-likeness (QED) is 0.336. The topological polar surface area (TPSA) is 58.0 Å². The predicted octanol–water partition coefficient (Wildman–Crippen LogP) is 4.30. The Balaban J connectivity index is 2.52. The van der Waals surface area contributed by atoms with Crippen LogP contribution in [-0.2, 0) is 0 Å². The van der Waals surface area contributed by atoms with Crippen molar-refractivity contribution in [2.75, 3.05) is 6.54 Å². The number of alkyl halides is 3. The zero-order valence-corrected chi connectivity index (χ0v) is 9.26. The van der Waals surface area contributed by atoms with Crippen molar-refractivity contribution in [2.45, 2.75) is 12.8 Å². The van der Waals surface area contributed by atoms with Gasteiger partial charge in [-0.3, -0.25) is 0 Å². The van der Waals surface area contributed by atoms with E-state index in [1.54, 1.807) is 12.2 Å². The first-order chi connectivity index (χ1) is 8.51.